The first-order valence-electron chi connectivity index (χ1n) is 6.62. The van der Waals surface area contributed by atoms with E-state index in [0.29, 0.717) is 6.42 Å². The van der Waals surface area contributed by atoms with Crippen LogP contribution in [0, 0.1) is 10.1 Å². The number of esters is 1. The number of methoxy groups -OCH3 is 1. The van der Waals surface area contributed by atoms with Crippen LogP contribution in [0.5, 0.6) is 0 Å². The molecule has 0 aliphatic carbocycles. The quantitative estimate of drug-likeness (QED) is 0.471. The van der Waals surface area contributed by atoms with Gasteiger partial charge in [-0.25, -0.2) is 4.79 Å². The zero-order valence-corrected chi connectivity index (χ0v) is 12.0. The average molecular weight is 294 g/mol. The van der Waals surface area contributed by atoms with Crippen LogP contribution in [0.4, 0.5) is 5.69 Å². The normalized spacial score (nSPS) is 11.5. The highest BCUT2D eigenvalue weighted by Crippen LogP contribution is 2.13. The molecule has 0 aliphatic heterocycles. The number of rotatable bonds is 7. The van der Waals surface area contributed by atoms with Gasteiger partial charge in [0.2, 0.25) is 0 Å². The Bertz CT molecular complexity index is 530. The van der Waals surface area contributed by atoms with Crippen molar-refractivity contribution in [3.63, 3.8) is 0 Å². The maximum Gasteiger partial charge on any atom is 0.328 e. The number of hydrogen-bond acceptors (Lipinski definition) is 5. The van der Waals surface area contributed by atoms with Gasteiger partial charge in [0.25, 0.3) is 11.6 Å². The lowest BCUT2D eigenvalue weighted by molar-refractivity contribution is -0.384. The molecule has 21 heavy (non-hydrogen) atoms. The summed E-state index contributed by atoms with van der Waals surface area (Å²) >= 11 is 0. The minimum absolute atomic E-state index is 0.134. The van der Waals surface area contributed by atoms with Gasteiger partial charge in [-0.1, -0.05) is 25.8 Å². The number of amides is 1. The van der Waals surface area contributed by atoms with Gasteiger partial charge in [-0.15, -0.1) is 0 Å². The van der Waals surface area contributed by atoms with E-state index in [1.165, 1.54) is 31.4 Å². The number of non-ortho nitro benzene ring substituents is 1. The molecule has 1 atom stereocenters. The highest BCUT2D eigenvalue weighted by Gasteiger charge is 2.22. The van der Waals surface area contributed by atoms with Crippen molar-refractivity contribution in [1.82, 2.24) is 5.32 Å². The van der Waals surface area contributed by atoms with Crippen LogP contribution in [0.25, 0.3) is 0 Å². The standard InChI is InChI=1S/C14H18N2O5/c1-3-4-8-12(14(18)21-2)15-13(17)10-6-5-7-11(9-10)16(19)20/h5-7,9,12H,3-4,8H2,1-2H3,(H,15,17)/t12-/m1/s1. The zero-order chi connectivity index (χ0) is 15.8. The summed E-state index contributed by atoms with van der Waals surface area (Å²) < 4.78 is 4.65. The Morgan fingerprint density at radius 3 is 2.71 bits per heavy atom. The summed E-state index contributed by atoms with van der Waals surface area (Å²) in [5.41, 5.74) is -0.0413. The molecule has 0 saturated carbocycles. The smallest absolute Gasteiger partial charge is 0.328 e. The molecule has 7 nitrogen and oxygen atoms in total. The second kappa shape index (κ2) is 7.98. The lowest BCUT2D eigenvalue weighted by atomic mass is 10.1. The highest BCUT2D eigenvalue weighted by atomic mass is 16.6. The second-order valence-electron chi connectivity index (χ2n) is 4.50. The number of nitrogens with zero attached hydrogens (tertiary/aromatic N) is 1. The van der Waals surface area contributed by atoms with E-state index in [4.69, 9.17) is 0 Å². The second-order valence-corrected chi connectivity index (χ2v) is 4.50. The summed E-state index contributed by atoms with van der Waals surface area (Å²) in [6, 6.07) is 4.60. The van der Waals surface area contributed by atoms with Gasteiger partial charge in [0.05, 0.1) is 12.0 Å². The number of nitro benzene ring substituents is 1. The van der Waals surface area contributed by atoms with Crippen molar-refractivity contribution in [3.05, 3.63) is 39.9 Å². The summed E-state index contributed by atoms with van der Waals surface area (Å²) in [4.78, 5) is 33.8. The molecule has 0 bridgehead atoms. The van der Waals surface area contributed by atoms with Crippen molar-refractivity contribution in [2.75, 3.05) is 7.11 Å². The SMILES string of the molecule is CCCC[C@@H](NC(=O)c1cccc([N+](=O)[O-])c1)C(=O)OC. The van der Waals surface area contributed by atoms with E-state index in [1.807, 2.05) is 6.92 Å². The minimum Gasteiger partial charge on any atom is -0.467 e. The third-order valence-corrected chi connectivity index (χ3v) is 2.96. The topological polar surface area (TPSA) is 98.5 Å². The van der Waals surface area contributed by atoms with E-state index in [2.05, 4.69) is 10.1 Å². The van der Waals surface area contributed by atoms with E-state index < -0.39 is 22.8 Å². The van der Waals surface area contributed by atoms with Crippen LogP contribution in [0.3, 0.4) is 0 Å². The monoisotopic (exact) mass is 294 g/mol. The molecule has 0 aromatic heterocycles. The van der Waals surface area contributed by atoms with Crippen LogP contribution in [-0.2, 0) is 9.53 Å². The van der Waals surface area contributed by atoms with Crippen LogP contribution in [0.2, 0.25) is 0 Å². The van der Waals surface area contributed by atoms with Gasteiger partial charge < -0.3 is 10.1 Å². The molecule has 114 valence electrons. The number of unbranched alkanes of at least 4 members (excludes halogenated alkanes) is 1. The third-order valence-electron chi connectivity index (χ3n) is 2.96. The molecule has 0 spiro atoms. The molecule has 1 N–H and O–H groups in total. The lowest BCUT2D eigenvalue weighted by Gasteiger charge is -2.16. The molecule has 1 amide bonds. The van der Waals surface area contributed by atoms with Crippen LogP contribution in [0.15, 0.2) is 24.3 Å². The Labute approximate surface area is 122 Å². The molecule has 7 heteroatoms. The van der Waals surface area contributed by atoms with E-state index in [9.17, 15) is 19.7 Å². The maximum atomic E-state index is 12.1. The number of benzene rings is 1. The molecule has 0 saturated heterocycles. The molecule has 0 aliphatic rings. The summed E-state index contributed by atoms with van der Waals surface area (Å²) in [5, 5.41) is 13.2. The Balaban J connectivity index is 2.83. The molecule has 0 unspecified atom stereocenters. The number of hydrogen-bond donors (Lipinski definition) is 1. The largest absolute Gasteiger partial charge is 0.467 e. The lowest BCUT2D eigenvalue weighted by Crippen LogP contribution is -2.41. The molecule has 0 fully saturated rings. The summed E-state index contributed by atoms with van der Waals surface area (Å²) in [6.45, 7) is 1.97. The highest BCUT2D eigenvalue weighted by molar-refractivity contribution is 5.97. The van der Waals surface area contributed by atoms with Crippen molar-refractivity contribution >= 4 is 17.6 Å². The van der Waals surface area contributed by atoms with Gasteiger partial charge in [0, 0.05) is 17.7 Å². The fourth-order valence-electron chi connectivity index (χ4n) is 1.80. The summed E-state index contributed by atoms with van der Waals surface area (Å²) in [5.74, 6) is -1.06. The number of carbonyl (C=O) groups excluding carboxylic acids is 2. The summed E-state index contributed by atoms with van der Waals surface area (Å²) in [7, 11) is 1.25. The summed E-state index contributed by atoms with van der Waals surface area (Å²) in [6.07, 6.45) is 2.10. The van der Waals surface area contributed by atoms with E-state index >= 15 is 0 Å². The first-order chi connectivity index (χ1) is 9.99. The Hall–Kier alpha value is -2.44. The Kier molecular flexibility index (Phi) is 6.32. The molecular formula is C14H18N2O5. The fourth-order valence-corrected chi connectivity index (χ4v) is 1.80. The third kappa shape index (κ3) is 4.87. The van der Waals surface area contributed by atoms with Crippen molar-refractivity contribution in [2.45, 2.75) is 32.2 Å². The van der Waals surface area contributed by atoms with Crippen LogP contribution in [0.1, 0.15) is 36.5 Å². The minimum atomic E-state index is -0.748. The van der Waals surface area contributed by atoms with Gasteiger partial charge >= 0.3 is 5.97 Å². The molecule has 1 aromatic carbocycles. The predicted molar refractivity (Wildman–Crippen MR) is 75.9 cm³/mol. The van der Waals surface area contributed by atoms with Gasteiger partial charge in [0.15, 0.2) is 0 Å². The van der Waals surface area contributed by atoms with E-state index in [1.54, 1.807) is 0 Å². The Morgan fingerprint density at radius 1 is 1.43 bits per heavy atom. The molecule has 1 aromatic rings. The number of ether oxygens (including phenoxy) is 1. The predicted octanol–water partition coefficient (Wildman–Crippen LogP) is 2.06. The van der Waals surface area contributed by atoms with Gasteiger partial charge in [0.1, 0.15) is 6.04 Å². The van der Waals surface area contributed by atoms with Gasteiger partial charge in [-0.3, -0.25) is 14.9 Å². The van der Waals surface area contributed by atoms with E-state index in [0.717, 1.165) is 12.8 Å². The van der Waals surface area contributed by atoms with Crippen molar-refractivity contribution in [3.8, 4) is 0 Å². The van der Waals surface area contributed by atoms with Gasteiger partial charge in [-0.05, 0) is 12.5 Å². The van der Waals surface area contributed by atoms with Gasteiger partial charge in [-0.2, -0.15) is 0 Å². The number of nitro groups is 1. The fraction of sp³-hybridized carbons (Fsp3) is 0.429. The first kappa shape index (κ1) is 16.6. The maximum absolute atomic E-state index is 12.1. The molecule has 0 heterocycles. The van der Waals surface area contributed by atoms with Crippen molar-refractivity contribution in [1.29, 1.82) is 0 Å². The van der Waals surface area contributed by atoms with Crippen LogP contribution >= 0.6 is 0 Å². The zero-order valence-electron chi connectivity index (χ0n) is 12.0. The number of carbonyl (C=O) groups is 2. The molecule has 1 rings (SSSR count). The molecular weight excluding hydrogens is 276 g/mol. The van der Waals surface area contributed by atoms with Crippen LogP contribution < -0.4 is 5.32 Å². The molecule has 0 radical (unpaired) electrons. The van der Waals surface area contributed by atoms with Crippen LogP contribution in [-0.4, -0.2) is 30.0 Å². The van der Waals surface area contributed by atoms with Crippen molar-refractivity contribution < 1.29 is 19.2 Å². The average Bonchev–Trinajstić information content (AvgIpc) is 2.50. The number of nitrogens with one attached hydrogen (secondary N) is 1. The Morgan fingerprint density at radius 2 is 2.14 bits per heavy atom. The van der Waals surface area contributed by atoms with Crippen molar-refractivity contribution in [2.24, 2.45) is 0 Å². The van der Waals surface area contributed by atoms with E-state index in [-0.39, 0.29) is 11.3 Å². The first-order valence-corrected chi connectivity index (χ1v) is 6.62.